The van der Waals surface area contributed by atoms with Crippen molar-refractivity contribution in [2.45, 2.75) is 24.8 Å². The van der Waals surface area contributed by atoms with Crippen molar-refractivity contribution in [3.05, 3.63) is 0 Å². The first-order chi connectivity index (χ1) is 5.27. The van der Waals surface area contributed by atoms with Crippen LogP contribution in [0.5, 0.6) is 0 Å². The second-order valence-electron chi connectivity index (χ2n) is 3.53. The monoisotopic (exact) mass is 157 g/mol. The maximum Gasteiger partial charge on any atom is 0.0407 e. The molecule has 1 unspecified atom stereocenters. The summed E-state index contributed by atoms with van der Waals surface area (Å²) >= 11 is 0. The molecule has 4 N–H and O–H groups in total. The Kier molecular flexibility index (Phi) is 3.30. The minimum atomic E-state index is -0.00868. The van der Waals surface area contributed by atoms with Gasteiger partial charge in [0, 0.05) is 18.6 Å². The highest BCUT2D eigenvalue weighted by Gasteiger charge is 2.24. The van der Waals surface area contributed by atoms with Crippen LogP contribution >= 0.6 is 0 Å². The molecule has 0 aromatic rings. The summed E-state index contributed by atoms with van der Waals surface area (Å²) in [6.45, 7) is 3.00. The Morgan fingerprint density at radius 3 is 3.09 bits per heavy atom. The molecule has 1 aliphatic rings. The molecule has 11 heavy (non-hydrogen) atoms. The van der Waals surface area contributed by atoms with Crippen LogP contribution in [0.4, 0.5) is 0 Å². The molecule has 1 atom stereocenters. The molecular formula is C8H19N3. The van der Waals surface area contributed by atoms with Crippen molar-refractivity contribution in [3.63, 3.8) is 0 Å². The van der Waals surface area contributed by atoms with Crippen LogP contribution < -0.4 is 16.4 Å². The number of likely N-dealkylation sites (N-methyl/N-ethyl adjacent to an activating group) is 1. The lowest BCUT2D eigenvalue weighted by atomic mass is 9.95. The lowest BCUT2D eigenvalue weighted by Crippen LogP contribution is -2.53. The highest BCUT2D eigenvalue weighted by Crippen LogP contribution is 2.12. The van der Waals surface area contributed by atoms with E-state index in [1.807, 2.05) is 7.05 Å². The standard InChI is InChI=1S/C8H19N3/c1-10-6-8(9)4-2-3-5-11-7-8/h10-11H,2-7,9H2,1H3. The summed E-state index contributed by atoms with van der Waals surface area (Å²) in [6.07, 6.45) is 3.66. The second kappa shape index (κ2) is 4.04. The van der Waals surface area contributed by atoms with E-state index >= 15 is 0 Å². The van der Waals surface area contributed by atoms with E-state index in [0.717, 1.165) is 26.1 Å². The van der Waals surface area contributed by atoms with Crippen molar-refractivity contribution < 1.29 is 0 Å². The number of nitrogens with one attached hydrogen (secondary N) is 2. The van der Waals surface area contributed by atoms with Crippen molar-refractivity contribution >= 4 is 0 Å². The van der Waals surface area contributed by atoms with Gasteiger partial charge < -0.3 is 16.4 Å². The smallest absolute Gasteiger partial charge is 0.0407 e. The van der Waals surface area contributed by atoms with Gasteiger partial charge in [-0.3, -0.25) is 0 Å². The molecule has 1 fully saturated rings. The van der Waals surface area contributed by atoms with Gasteiger partial charge in [-0.05, 0) is 26.4 Å². The summed E-state index contributed by atoms with van der Waals surface area (Å²) in [6, 6.07) is 0. The molecular weight excluding hydrogens is 138 g/mol. The van der Waals surface area contributed by atoms with E-state index in [1.54, 1.807) is 0 Å². The van der Waals surface area contributed by atoms with Crippen molar-refractivity contribution in [2.24, 2.45) is 5.73 Å². The molecule has 1 saturated heterocycles. The third-order valence-electron chi connectivity index (χ3n) is 2.28. The maximum absolute atomic E-state index is 6.14. The van der Waals surface area contributed by atoms with Crippen LogP contribution in [0, 0.1) is 0 Å². The third-order valence-corrected chi connectivity index (χ3v) is 2.28. The van der Waals surface area contributed by atoms with Crippen molar-refractivity contribution in [1.82, 2.24) is 10.6 Å². The van der Waals surface area contributed by atoms with Crippen LogP contribution in [0.1, 0.15) is 19.3 Å². The van der Waals surface area contributed by atoms with E-state index in [-0.39, 0.29) is 5.54 Å². The Morgan fingerprint density at radius 2 is 2.36 bits per heavy atom. The minimum Gasteiger partial charge on any atom is -0.323 e. The van der Waals surface area contributed by atoms with Gasteiger partial charge in [-0.15, -0.1) is 0 Å². The molecule has 0 bridgehead atoms. The Bertz CT molecular complexity index is 106. The fourth-order valence-electron chi connectivity index (χ4n) is 1.66. The van der Waals surface area contributed by atoms with Crippen LogP contribution in [0.2, 0.25) is 0 Å². The Balaban J connectivity index is 2.38. The van der Waals surface area contributed by atoms with Crippen LogP contribution in [0.3, 0.4) is 0 Å². The molecule has 0 radical (unpaired) electrons. The molecule has 0 aromatic carbocycles. The first-order valence-corrected chi connectivity index (χ1v) is 4.41. The van der Waals surface area contributed by atoms with E-state index in [9.17, 15) is 0 Å². The van der Waals surface area contributed by atoms with Crippen molar-refractivity contribution in [2.75, 3.05) is 26.7 Å². The largest absolute Gasteiger partial charge is 0.323 e. The van der Waals surface area contributed by atoms with Crippen LogP contribution in [-0.4, -0.2) is 32.2 Å². The molecule has 1 rings (SSSR count). The van der Waals surface area contributed by atoms with E-state index in [2.05, 4.69) is 10.6 Å². The molecule has 1 aliphatic heterocycles. The molecule has 3 heteroatoms. The molecule has 0 aliphatic carbocycles. The molecule has 3 nitrogen and oxygen atoms in total. The zero-order chi connectivity index (χ0) is 8.16. The van der Waals surface area contributed by atoms with Gasteiger partial charge in [-0.25, -0.2) is 0 Å². The van der Waals surface area contributed by atoms with Gasteiger partial charge in [0.25, 0.3) is 0 Å². The van der Waals surface area contributed by atoms with Gasteiger partial charge in [0.1, 0.15) is 0 Å². The summed E-state index contributed by atoms with van der Waals surface area (Å²) in [5.74, 6) is 0. The summed E-state index contributed by atoms with van der Waals surface area (Å²) in [5, 5.41) is 6.50. The highest BCUT2D eigenvalue weighted by molar-refractivity contribution is 4.89. The van der Waals surface area contributed by atoms with E-state index in [1.165, 1.54) is 12.8 Å². The number of hydrogen-bond acceptors (Lipinski definition) is 3. The lowest BCUT2D eigenvalue weighted by molar-refractivity contribution is 0.377. The molecule has 0 saturated carbocycles. The Labute approximate surface area is 68.7 Å². The zero-order valence-corrected chi connectivity index (χ0v) is 7.32. The third kappa shape index (κ3) is 2.77. The first kappa shape index (κ1) is 8.97. The summed E-state index contributed by atoms with van der Waals surface area (Å²) in [7, 11) is 1.96. The predicted molar refractivity (Wildman–Crippen MR) is 47.6 cm³/mol. The SMILES string of the molecule is CNCC1(N)CCCCNC1. The average molecular weight is 157 g/mol. The number of nitrogens with two attached hydrogens (primary N) is 1. The highest BCUT2D eigenvalue weighted by atomic mass is 15.0. The van der Waals surface area contributed by atoms with Crippen molar-refractivity contribution in [1.29, 1.82) is 0 Å². The fraction of sp³-hybridized carbons (Fsp3) is 1.00. The van der Waals surface area contributed by atoms with Gasteiger partial charge in [-0.2, -0.15) is 0 Å². The van der Waals surface area contributed by atoms with Crippen LogP contribution in [0.25, 0.3) is 0 Å². The molecule has 0 amide bonds. The summed E-state index contributed by atoms with van der Waals surface area (Å²) in [5.41, 5.74) is 6.14. The maximum atomic E-state index is 6.14. The first-order valence-electron chi connectivity index (χ1n) is 4.41. The number of hydrogen-bond donors (Lipinski definition) is 3. The van der Waals surface area contributed by atoms with Gasteiger partial charge in [0.2, 0.25) is 0 Å². The van der Waals surface area contributed by atoms with Crippen molar-refractivity contribution in [3.8, 4) is 0 Å². The Hall–Kier alpha value is -0.120. The summed E-state index contributed by atoms with van der Waals surface area (Å²) in [4.78, 5) is 0. The van der Waals surface area contributed by atoms with Crippen LogP contribution in [-0.2, 0) is 0 Å². The Morgan fingerprint density at radius 1 is 1.55 bits per heavy atom. The normalized spacial score (nSPS) is 33.3. The van der Waals surface area contributed by atoms with E-state index in [4.69, 9.17) is 5.73 Å². The van der Waals surface area contributed by atoms with Gasteiger partial charge in [0.15, 0.2) is 0 Å². The molecule has 0 aromatic heterocycles. The van der Waals surface area contributed by atoms with E-state index < -0.39 is 0 Å². The lowest BCUT2D eigenvalue weighted by Gasteiger charge is -2.27. The van der Waals surface area contributed by atoms with E-state index in [0.29, 0.717) is 0 Å². The molecule has 0 spiro atoms. The topological polar surface area (TPSA) is 50.1 Å². The second-order valence-corrected chi connectivity index (χ2v) is 3.53. The molecule has 66 valence electrons. The average Bonchev–Trinajstić information content (AvgIpc) is 2.15. The van der Waals surface area contributed by atoms with Gasteiger partial charge in [-0.1, -0.05) is 6.42 Å². The van der Waals surface area contributed by atoms with Gasteiger partial charge in [0.05, 0.1) is 0 Å². The zero-order valence-electron chi connectivity index (χ0n) is 7.32. The van der Waals surface area contributed by atoms with Crippen LogP contribution in [0.15, 0.2) is 0 Å². The number of rotatable bonds is 2. The summed E-state index contributed by atoms with van der Waals surface area (Å²) < 4.78 is 0. The van der Waals surface area contributed by atoms with Gasteiger partial charge >= 0.3 is 0 Å². The molecule has 1 heterocycles. The minimum absolute atomic E-state index is 0.00868. The fourth-order valence-corrected chi connectivity index (χ4v) is 1.66. The quantitative estimate of drug-likeness (QED) is 0.515. The predicted octanol–water partition coefficient (Wildman–Crippen LogP) is -0.323.